The number of carbonyl (C=O) groups excluding carboxylic acids is 1. The molecule has 2 fully saturated rings. The smallest absolute Gasteiger partial charge is 0.253 e. The molecule has 0 saturated carbocycles. The van der Waals surface area contributed by atoms with Gasteiger partial charge in [0.1, 0.15) is 6.61 Å². The third-order valence-corrected chi connectivity index (χ3v) is 6.49. The standard InChI is InChI=1S/C18H18N2O4S/c21-18-13-24-17-12-19(25(22,23)15-9-5-2-6-10-15)11-16(17)20(18)14-7-3-1-4-8-14/h1-10,16-17H,11-13H2/t16-,17+/m1/s1. The summed E-state index contributed by atoms with van der Waals surface area (Å²) >= 11 is 0. The molecule has 6 nitrogen and oxygen atoms in total. The highest BCUT2D eigenvalue weighted by Gasteiger charge is 2.47. The lowest BCUT2D eigenvalue weighted by molar-refractivity contribution is -0.130. The Balaban J connectivity index is 1.64. The molecule has 2 aliphatic heterocycles. The van der Waals surface area contributed by atoms with Crippen molar-refractivity contribution in [1.29, 1.82) is 0 Å². The molecule has 2 saturated heterocycles. The molecule has 2 aliphatic rings. The number of morpholine rings is 1. The van der Waals surface area contributed by atoms with E-state index in [1.807, 2.05) is 30.3 Å². The SMILES string of the molecule is O=C1CO[C@H]2CN(S(=O)(=O)c3ccccc3)C[C@H]2N1c1ccccc1. The highest BCUT2D eigenvalue weighted by molar-refractivity contribution is 7.89. The second-order valence-electron chi connectivity index (χ2n) is 6.15. The van der Waals surface area contributed by atoms with Gasteiger partial charge in [-0.2, -0.15) is 4.31 Å². The number of para-hydroxylation sites is 1. The van der Waals surface area contributed by atoms with E-state index in [2.05, 4.69) is 0 Å². The van der Waals surface area contributed by atoms with Crippen LogP contribution >= 0.6 is 0 Å². The van der Waals surface area contributed by atoms with Crippen molar-refractivity contribution in [2.45, 2.75) is 17.0 Å². The van der Waals surface area contributed by atoms with Gasteiger partial charge in [-0.25, -0.2) is 8.42 Å². The molecule has 7 heteroatoms. The number of fused-ring (bicyclic) bond motifs is 1. The zero-order valence-corrected chi connectivity index (χ0v) is 14.3. The molecule has 0 bridgehead atoms. The van der Waals surface area contributed by atoms with Gasteiger partial charge in [-0.05, 0) is 24.3 Å². The lowest BCUT2D eigenvalue weighted by atomic mass is 10.1. The van der Waals surface area contributed by atoms with Crippen LogP contribution in [0.15, 0.2) is 65.6 Å². The van der Waals surface area contributed by atoms with E-state index in [0.717, 1.165) is 5.69 Å². The number of anilines is 1. The summed E-state index contributed by atoms with van der Waals surface area (Å²) in [6, 6.07) is 17.3. The monoisotopic (exact) mass is 358 g/mol. The molecule has 0 unspecified atom stereocenters. The first-order valence-corrected chi connectivity index (χ1v) is 9.55. The molecule has 25 heavy (non-hydrogen) atoms. The molecule has 0 aromatic heterocycles. The van der Waals surface area contributed by atoms with Gasteiger partial charge >= 0.3 is 0 Å². The van der Waals surface area contributed by atoms with Gasteiger partial charge in [0.05, 0.1) is 17.0 Å². The van der Waals surface area contributed by atoms with E-state index in [-0.39, 0.29) is 42.6 Å². The minimum atomic E-state index is -3.60. The third-order valence-electron chi connectivity index (χ3n) is 4.64. The van der Waals surface area contributed by atoms with Crippen LogP contribution in [-0.2, 0) is 19.6 Å². The Morgan fingerprint density at radius 2 is 1.56 bits per heavy atom. The fraction of sp³-hybridized carbons (Fsp3) is 0.278. The van der Waals surface area contributed by atoms with E-state index in [4.69, 9.17) is 4.74 Å². The number of nitrogens with zero attached hydrogens (tertiary/aromatic N) is 2. The average molecular weight is 358 g/mol. The number of ether oxygens (including phenoxy) is 1. The summed E-state index contributed by atoms with van der Waals surface area (Å²) in [6.07, 6.45) is -0.323. The Morgan fingerprint density at radius 3 is 2.24 bits per heavy atom. The molecule has 4 rings (SSSR count). The van der Waals surface area contributed by atoms with Crippen molar-refractivity contribution in [2.75, 3.05) is 24.6 Å². The van der Waals surface area contributed by atoms with E-state index in [0.29, 0.717) is 0 Å². The number of sulfonamides is 1. The first kappa shape index (κ1) is 16.3. The lowest BCUT2D eigenvalue weighted by Crippen LogP contribution is -2.54. The van der Waals surface area contributed by atoms with Gasteiger partial charge in [0, 0.05) is 18.8 Å². The lowest BCUT2D eigenvalue weighted by Gasteiger charge is -2.36. The molecule has 0 aliphatic carbocycles. The molecule has 2 aromatic rings. The Morgan fingerprint density at radius 1 is 0.920 bits per heavy atom. The highest BCUT2D eigenvalue weighted by Crippen LogP contribution is 2.31. The molecule has 130 valence electrons. The molecule has 2 heterocycles. The molecular weight excluding hydrogens is 340 g/mol. The summed E-state index contributed by atoms with van der Waals surface area (Å²) in [7, 11) is -3.60. The Hall–Kier alpha value is -2.22. The Labute approximate surface area is 146 Å². The van der Waals surface area contributed by atoms with Gasteiger partial charge in [-0.1, -0.05) is 36.4 Å². The van der Waals surface area contributed by atoms with Gasteiger partial charge in [0.25, 0.3) is 5.91 Å². The Bertz CT molecular complexity index is 870. The molecule has 0 spiro atoms. The Kier molecular flexibility index (Phi) is 4.07. The van der Waals surface area contributed by atoms with Gasteiger partial charge in [-0.15, -0.1) is 0 Å². The van der Waals surface area contributed by atoms with Crippen LogP contribution < -0.4 is 4.90 Å². The van der Waals surface area contributed by atoms with Crippen LogP contribution in [0.25, 0.3) is 0 Å². The minimum absolute atomic E-state index is 0.0325. The van der Waals surface area contributed by atoms with Crippen molar-refractivity contribution in [3.8, 4) is 0 Å². The first-order chi connectivity index (χ1) is 12.1. The number of hydrogen-bond acceptors (Lipinski definition) is 4. The normalized spacial score (nSPS) is 24.3. The maximum atomic E-state index is 12.9. The average Bonchev–Trinajstić information content (AvgIpc) is 3.08. The third kappa shape index (κ3) is 2.84. The van der Waals surface area contributed by atoms with E-state index in [1.54, 1.807) is 35.2 Å². The molecule has 1 amide bonds. The quantitative estimate of drug-likeness (QED) is 0.834. The number of benzene rings is 2. The zero-order chi connectivity index (χ0) is 17.4. The summed E-state index contributed by atoms with van der Waals surface area (Å²) in [4.78, 5) is 14.3. The maximum Gasteiger partial charge on any atom is 0.253 e. The van der Waals surface area contributed by atoms with Crippen LogP contribution in [-0.4, -0.2) is 50.5 Å². The fourth-order valence-corrected chi connectivity index (χ4v) is 4.92. The van der Waals surface area contributed by atoms with Gasteiger partial charge in [0.15, 0.2) is 0 Å². The summed E-state index contributed by atoms with van der Waals surface area (Å²) in [6.45, 7) is 0.441. The van der Waals surface area contributed by atoms with Crippen molar-refractivity contribution in [2.24, 2.45) is 0 Å². The van der Waals surface area contributed by atoms with Crippen molar-refractivity contribution in [3.05, 3.63) is 60.7 Å². The molecule has 0 radical (unpaired) electrons. The van der Waals surface area contributed by atoms with E-state index in [9.17, 15) is 13.2 Å². The fourth-order valence-electron chi connectivity index (χ4n) is 3.43. The number of carbonyl (C=O) groups is 1. The predicted octanol–water partition coefficient (Wildman–Crippen LogP) is 1.49. The van der Waals surface area contributed by atoms with Gasteiger partial charge in [0.2, 0.25) is 10.0 Å². The summed E-state index contributed by atoms with van der Waals surface area (Å²) in [5, 5.41) is 0. The van der Waals surface area contributed by atoms with Crippen molar-refractivity contribution < 1.29 is 17.9 Å². The summed E-state index contributed by atoms with van der Waals surface area (Å²) in [5.41, 5.74) is 0.768. The summed E-state index contributed by atoms with van der Waals surface area (Å²) in [5.74, 6) is -0.147. The second kappa shape index (κ2) is 6.25. The largest absolute Gasteiger partial charge is 0.365 e. The van der Waals surface area contributed by atoms with E-state index in [1.165, 1.54) is 4.31 Å². The topological polar surface area (TPSA) is 66.9 Å². The molecule has 2 aromatic carbocycles. The first-order valence-electron chi connectivity index (χ1n) is 8.11. The minimum Gasteiger partial charge on any atom is -0.365 e. The zero-order valence-electron chi connectivity index (χ0n) is 13.5. The predicted molar refractivity (Wildman–Crippen MR) is 92.7 cm³/mol. The van der Waals surface area contributed by atoms with Crippen LogP contribution in [0.1, 0.15) is 0 Å². The second-order valence-corrected chi connectivity index (χ2v) is 8.09. The van der Waals surface area contributed by atoms with Gasteiger partial charge in [-0.3, -0.25) is 4.79 Å². The van der Waals surface area contributed by atoms with Gasteiger partial charge < -0.3 is 9.64 Å². The van der Waals surface area contributed by atoms with Crippen molar-refractivity contribution >= 4 is 21.6 Å². The van der Waals surface area contributed by atoms with Crippen molar-refractivity contribution in [3.63, 3.8) is 0 Å². The van der Waals surface area contributed by atoms with Crippen molar-refractivity contribution in [1.82, 2.24) is 4.31 Å². The molecule has 2 atom stereocenters. The van der Waals surface area contributed by atoms with Crippen LogP contribution in [0.3, 0.4) is 0 Å². The molecule has 0 N–H and O–H groups in total. The van der Waals surface area contributed by atoms with Crippen LogP contribution in [0.2, 0.25) is 0 Å². The summed E-state index contributed by atoms with van der Waals surface area (Å²) < 4.78 is 32.8. The maximum absolute atomic E-state index is 12.9. The van der Waals surface area contributed by atoms with E-state index >= 15 is 0 Å². The van der Waals surface area contributed by atoms with Crippen LogP contribution in [0.5, 0.6) is 0 Å². The number of rotatable bonds is 3. The number of amides is 1. The number of hydrogen-bond donors (Lipinski definition) is 0. The van der Waals surface area contributed by atoms with Crippen LogP contribution in [0, 0.1) is 0 Å². The molecular formula is C18H18N2O4S. The van der Waals surface area contributed by atoms with E-state index < -0.39 is 10.0 Å². The highest BCUT2D eigenvalue weighted by atomic mass is 32.2. The van der Waals surface area contributed by atoms with Crippen LogP contribution in [0.4, 0.5) is 5.69 Å².